The molecule has 0 bridgehead atoms. The van der Waals surface area contributed by atoms with Crippen LogP contribution in [0.1, 0.15) is 39.8 Å². The molecule has 2 aromatic heterocycles. The van der Waals surface area contributed by atoms with Crippen molar-refractivity contribution in [1.82, 2.24) is 15.3 Å². The highest BCUT2D eigenvalue weighted by Gasteiger charge is 2.16. The van der Waals surface area contributed by atoms with Crippen LogP contribution in [0.15, 0.2) is 23.7 Å². The van der Waals surface area contributed by atoms with E-state index in [0.29, 0.717) is 10.8 Å². The zero-order chi connectivity index (χ0) is 16.1. The number of carboxylic acid groups (broad SMARTS) is 1. The van der Waals surface area contributed by atoms with Crippen LogP contribution in [0.25, 0.3) is 0 Å². The molecule has 116 valence electrons. The monoisotopic (exact) mass is 321 g/mol. The van der Waals surface area contributed by atoms with Gasteiger partial charge < -0.3 is 15.2 Å². The van der Waals surface area contributed by atoms with E-state index in [0.717, 1.165) is 0 Å². The Hall–Kier alpha value is -2.48. The van der Waals surface area contributed by atoms with Crippen LogP contribution in [0.2, 0.25) is 0 Å². The van der Waals surface area contributed by atoms with E-state index in [4.69, 9.17) is 9.84 Å². The van der Waals surface area contributed by atoms with Gasteiger partial charge in [0.15, 0.2) is 17.1 Å². The van der Waals surface area contributed by atoms with E-state index < -0.39 is 11.9 Å². The van der Waals surface area contributed by atoms with Gasteiger partial charge in [0.05, 0.1) is 12.6 Å². The number of aromatic carboxylic acids is 1. The Kier molecular flexibility index (Phi) is 5.05. The molecule has 0 aromatic carbocycles. The van der Waals surface area contributed by atoms with Gasteiger partial charge in [-0.3, -0.25) is 4.79 Å². The van der Waals surface area contributed by atoms with Gasteiger partial charge in [-0.05, 0) is 26.0 Å². The molecule has 0 saturated carbocycles. The maximum atomic E-state index is 12.2. The zero-order valence-electron chi connectivity index (χ0n) is 12.1. The summed E-state index contributed by atoms with van der Waals surface area (Å²) >= 11 is 1.17. The summed E-state index contributed by atoms with van der Waals surface area (Å²) in [6.07, 6.45) is 1.43. The van der Waals surface area contributed by atoms with Crippen LogP contribution >= 0.6 is 11.3 Å². The van der Waals surface area contributed by atoms with E-state index in [9.17, 15) is 9.59 Å². The first-order chi connectivity index (χ1) is 10.5. The second-order valence-electron chi connectivity index (χ2n) is 4.63. The second-order valence-corrected chi connectivity index (χ2v) is 5.57. The van der Waals surface area contributed by atoms with E-state index in [1.54, 1.807) is 12.1 Å². The van der Waals surface area contributed by atoms with Gasteiger partial charge in [-0.1, -0.05) is 0 Å². The third kappa shape index (κ3) is 4.01. The first-order valence-electron chi connectivity index (χ1n) is 6.55. The number of nitrogens with zero attached hydrogens (tertiary/aromatic N) is 2. The van der Waals surface area contributed by atoms with E-state index in [2.05, 4.69) is 15.3 Å². The lowest BCUT2D eigenvalue weighted by molar-refractivity contribution is 0.0691. The number of hydrogen-bond acceptors (Lipinski definition) is 6. The largest absolute Gasteiger partial charge is 0.489 e. The number of carbonyl (C=O) groups excluding carboxylic acids is 1. The highest BCUT2D eigenvalue weighted by Crippen LogP contribution is 2.17. The molecular weight excluding hydrogens is 306 g/mol. The van der Waals surface area contributed by atoms with Gasteiger partial charge in [0.25, 0.3) is 5.91 Å². The number of nitrogens with one attached hydrogen (secondary N) is 1. The van der Waals surface area contributed by atoms with Crippen molar-refractivity contribution in [2.75, 3.05) is 0 Å². The van der Waals surface area contributed by atoms with Gasteiger partial charge in [0.1, 0.15) is 5.01 Å². The standard InChI is InChI=1S/C14H15N3O4S/c1-8(2)21-10-4-3-5-15-12(10)13(18)16-6-11-17-9(7-22-11)14(19)20/h3-5,7-8H,6H2,1-2H3,(H,16,18)(H,19,20). The molecule has 8 heteroatoms. The summed E-state index contributed by atoms with van der Waals surface area (Å²) < 4.78 is 5.54. The van der Waals surface area contributed by atoms with Crippen LogP contribution in [0.4, 0.5) is 0 Å². The van der Waals surface area contributed by atoms with Crippen molar-refractivity contribution >= 4 is 23.2 Å². The quantitative estimate of drug-likeness (QED) is 0.843. The second kappa shape index (κ2) is 6.99. The number of ether oxygens (including phenoxy) is 1. The Morgan fingerprint density at radius 3 is 2.86 bits per heavy atom. The average molecular weight is 321 g/mol. The minimum absolute atomic E-state index is 0.0316. The molecular formula is C14H15N3O4S. The van der Waals surface area contributed by atoms with Crippen LogP contribution in [0, 0.1) is 0 Å². The molecule has 0 unspecified atom stereocenters. The third-order valence-corrected chi connectivity index (χ3v) is 3.37. The number of rotatable bonds is 6. The highest BCUT2D eigenvalue weighted by atomic mass is 32.1. The minimum atomic E-state index is -1.09. The summed E-state index contributed by atoms with van der Waals surface area (Å²) in [5.41, 5.74) is 0.155. The van der Waals surface area contributed by atoms with E-state index >= 15 is 0 Å². The fourth-order valence-electron chi connectivity index (χ4n) is 1.64. The number of pyridine rings is 1. The van der Waals surface area contributed by atoms with Crippen molar-refractivity contribution in [2.24, 2.45) is 0 Å². The highest BCUT2D eigenvalue weighted by molar-refractivity contribution is 7.09. The van der Waals surface area contributed by atoms with Gasteiger partial charge in [-0.25, -0.2) is 14.8 Å². The predicted molar refractivity (Wildman–Crippen MR) is 80.2 cm³/mol. The third-order valence-electron chi connectivity index (χ3n) is 2.52. The number of thiazole rings is 1. The smallest absolute Gasteiger partial charge is 0.355 e. The maximum absolute atomic E-state index is 12.2. The molecule has 0 radical (unpaired) electrons. The van der Waals surface area contributed by atoms with Gasteiger partial charge in [0, 0.05) is 11.6 Å². The van der Waals surface area contributed by atoms with Crippen LogP contribution in [0.3, 0.4) is 0 Å². The summed E-state index contributed by atoms with van der Waals surface area (Å²) in [7, 11) is 0. The lowest BCUT2D eigenvalue weighted by atomic mass is 10.3. The van der Waals surface area contributed by atoms with Gasteiger partial charge in [0.2, 0.25) is 0 Å². The molecule has 0 aliphatic rings. The summed E-state index contributed by atoms with van der Waals surface area (Å²) in [5.74, 6) is -1.09. The summed E-state index contributed by atoms with van der Waals surface area (Å²) in [5, 5.41) is 13.4. The van der Waals surface area contributed by atoms with E-state index in [1.807, 2.05) is 13.8 Å². The van der Waals surface area contributed by atoms with Crippen molar-refractivity contribution in [3.63, 3.8) is 0 Å². The summed E-state index contributed by atoms with van der Waals surface area (Å²) in [6.45, 7) is 3.85. The Morgan fingerprint density at radius 1 is 1.45 bits per heavy atom. The lowest BCUT2D eigenvalue weighted by Crippen LogP contribution is -2.25. The number of aromatic nitrogens is 2. The van der Waals surface area contributed by atoms with Crippen molar-refractivity contribution in [2.45, 2.75) is 26.5 Å². The molecule has 1 amide bonds. The fraction of sp³-hybridized carbons (Fsp3) is 0.286. The molecule has 0 aliphatic heterocycles. The van der Waals surface area contributed by atoms with Crippen molar-refractivity contribution in [3.8, 4) is 5.75 Å². The Morgan fingerprint density at radius 2 is 2.23 bits per heavy atom. The molecule has 0 atom stereocenters. The molecule has 2 N–H and O–H groups in total. The Bertz CT molecular complexity index is 684. The molecule has 2 aromatic rings. The van der Waals surface area contributed by atoms with Crippen LogP contribution < -0.4 is 10.1 Å². The Balaban J connectivity index is 2.04. The van der Waals surface area contributed by atoms with E-state index in [-0.39, 0.29) is 24.0 Å². The van der Waals surface area contributed by atoms with E-state index in [1.165, 1.54) is 22.9 Å². The van der Waals surface area contributed by atoms with Crippen molar-refractivity contribution < 1.29 is 19.4 Å². The first kappa shape index (κ1) is 15.9. The lowest BCUT2D eigenvalue weighted by Gasteiger charge is -2.12. The molecule has 2 heterocycles. The SMILES string of the molecule is CC(C)Oc1cccnc1C(=O)NCc1nc(C(=O)O)cs1. The van der Waals surface area contributed by atoms with Crippen molar-refractivity contribution in [1.29, 1.82) is 0 Å². The Labute approximate surface area is 131 Å². The first-order valence-corrected chi connectivity index (χ1v) is 7.43. The number of amides is 1. The molecule has 0 spiro atoms. The number of carbonyl (C=O) groups is 2. The summed E-state index contributed by atoms with van der Waals surface area (Å²) in [4.78, 5) is 30.8. The van der Waals surface area contributed by atoms with Crippen LogP contribution in [-0.2, 0) is 6.54 Å². The molecule has 0 saturated heterocycles. The van der Waals surface area contributed by atoms with Crippen LogP contribution in [-0.4, -0.2) is 33.1 Å². The molecule has 0 aliphatic carbocycles. The summed E-state index contributed by atoms with van der Waals surface area (Å²) in [6, 6.07) is 3.36. The molecule has 7 nitrogen and oxygen atoms in total. The molecule has 22 heavy (non-hydrogen) atoms. The van der Waals surface area contributed by atoms with Gasteiger partial charge in [-0.2, -0.15) is 0 Å². The maximum Gasteiger partial charge on any atom is 0.355 e. The minimum Gasteiger partial charge on any atom is -0.489 e. The van der Waals surface area contributed by atoms with Gasteiger partial charge in [-0.15, -0.1) is 11.3 Å². The topological polar surface area (TPSA) is 101 Å². The van der Waals surface area contributed by atoms with Crippen LogP contribution in [0.5, 0.6) is 5.75 Å². The van der Waals surface area contributed by atoms with Crippen molar-refractivity contribution in [3.05, 3.63) is 40.1 Å². The number of carboxylic acids is 1. The van der Waals surface area contributed by atoms with Gasteiger partial charge >= 0.3 is 5.97 Å². The normalized spacial score (nSPS) is 10.5. The molecule has 0 fully saturated rings. The fourth-order valence-corrected chi connectivity index (χ4v) is 2.35. The zero-order valence-corrected chi connectivity index (χ0v) is 12.9. The number of hydrogen-bond donors (Lipinski definition) is 2. The average Bonchev–Trinajstić information content (AvgIpc) is 2.94. The predicted octanol–water partition coefficient (Wildman–Crippen LogP) is 1.95. The molecule has 2 rings (SSSR count).